The van der Waals surface area contributed by atoms with Crippen LogP contribution in [0.5, 0.6) is 5.75 Å². The standard InChI is InChI=1S/C16H18N2O2/c1-12-4-3-5-13(10-12)11-17-16(19)18-14-6-8-15(20-2)9-7-14/h3-10H,11H2,1-2H3,(H2,17,18,19). The van der Waals surface area contributed by atoms with Crippen LogP contribution in [0.25, 0.3) is 0 Å². The van der Waals surface area contributed by atoms with Crippen molar-refractivity contribution in [2.45, 2.75) is 13.5 Å². The lowest BCUT2D eigenvalue weighted by Gasteiger charge is -2.08. The minimum Gasteiger partial charge on any atom is -0.497 e. The number of hydrogen-bond donors (Lipinski definition) is 2. The van der Waals surface area contributed by atoms with Gasteiger partial charge >= 0.3 is 6.03 Å². The first-order chi connectivity index (χ1) is 9.67. The van der Waals surface area contributed by atoms with Gasteiger partial charge in [0.05, 0.1) is 7.11 Å². The Balaban J connectivity index is 1.85. The number of ether oxygens (including phenoxy) is 1. The molecule has 2 amide bonds. The van der Waals surface area contributed by atoms with Crippen molar-refractivity contribution >= 4 is 11.7 Å². The lowest BCUT2D eigenvalue weighted by Crippen LogP contribution is -2.28. The molecule has 0 saturated heterocycles. The number of benzene rings is 2. The summed E-state index contributed by atoms with van der Waals surface area (Å²) in [5, 5.41) is 5.59. The minimum atomic E-state index is -0.225. The minimum absolute atomic E-state index is 0.225. The van der Waals surface area contributed by atoms with Crippen molar-refractivity contribution in [1.29, 1.82) is 0 Å². The molecule has 0 heterocycles. The smallest absolute Gasteiger partial charge is 0.319 e. The lowest BCUT2D eigenvalue weighted by molar-refractivity contribution is 0.251. The summed E-state index contributed by atoms with van der Waals surface area (Å²) >= 11 is 0. The molecule has 0 saturated carbocycles. The maximum Gasteiger partial charge on any atom is 0.319 e. The number of amides is 2. The zero-order chi connectivity index (χ0) is 14.4. The van der Waals surface area contributed by atoms with E-state index in [9.17, 15) is 4.79 Å². The highest BCUT2D eigenvalue weighted by molar-refractivity contribution is 5.89. The predicted octanol–water partition coefficient (Wildman–Crippen LogP) is 3.33. The van der Waals surface area contributed by atoms with Crippen LogP contribution in [0.2, 0.25) is 0 Å². The molecule has 0 aliphatic carbocycles. The van der Waals surface area contributed by atoms with E-state index in [1.807, 2.05) is 31.2 Å². The van der Waals surface area contributed by atoms with Gasteiger partial charge < -0.3 is 15.4 Å². The van der Waals surface area contributed by atoms with Crippen LogP contribution < -0.4 is 15.4 Å². The summed E-state index contributed by atoms with van der Waals surface area (Å²) in [7, 11) is 1.61. The second kappa shape index (κ2) is 6.61. The normalized spacial score (nSPS) is 9.90. The predicted molar refractivity (Wildman–Crippen MR) is 80.0 cm³/mol. The van der Waals surface area contributed by atoms with Gasteiger partial charge in [-0.15, -0.1) is 0 Å². The Kier molecular flexibility index (Phi) is 4.60. The molecular weight excluding hydrogens is 252 g/mol. The fraction of sp³-hybridized carbons (Fsp3) is 0.188. The number of carbonyl (C=O) groups excluding carboxylic acids is 1. The summed E-state index contributed by atoms with van der Waals surface area (Å²) in [5.41, 5.74) is 2.99. The molecule has 0 spiro atoms. The Morgan fingerprint density at radius 1 is 1.15 bits per heavy atom. The van der Waals surface area contributed by atoms with Gasteiger partial charge in [-0.1, -0.05) is 29.8 Å². The van der Waals surface area contributed by atoms with Crippen LogP contribution in [0, 0.1) is 6.92 Å². The number of anilines is 1. The Morgan fingerprint density at radius 2 is 1.90 bits per heavy atom. The zero-order valence-electron chi connectivity index (χ0n) is 11.6. The van der Waals surface area contributed by atoms with Crippen LogP contribution in [0.4, 0.5) is 10.5 Å². The molecule has 0 fully saturated rings. The Labute approximate surface area is 118 Å². The molecule has 0 bridgehead atoms. The second-order valence-corrected chi connectivity index (χ2v) is 4.53. The summed E-state index contributed by atoms with van der Waals surface area (Å²) in [6.07, 6.45) is 0. The van der Waals surface area contributed by atoms with E-state index in [-0.39, 0.29) is 6.03 Å². The molecule has 104 valence electrons. The van der Waals surface area contributed by atoms with Crippen LogP contribution in [0.15, 0.2) is 48.5 Å². The summed E-state index contributed by atoms with van der Waals surface area (Å²) < 4.78 is 5.06. The highest BCUT2D eigenvalue weighted by Crippen LogP contribution is 2.14. The van der Waals surface area contributed by atoms with Gasteiger partial charge in [0.15, 0.2) is 0 Å². The fourth-order valence-corrected chi connectivity index (χ4v) is 1.85. The van der Waals surface area contributed by atoms with Crippen LogP contribution in [0.1, 0.15) is 11.1 Å². The summed E-state index contributed by atoms with van der Waals surface area (Å²) in [4.78, 5) is 11.8. The molecule has 20 heavy (non-hydrogen) atoms. The van der Waals surface area contributed by atoms with E-state index in [1.54, 1.807) is 31.4 Å². The third-order valence-corrected chi connectivity index (χ3v) is 2.88. The van der Waals surface area contributed by atoms with Gasteiger partial charge in [0.25, 0.3) is 0 Å². The van der Waals surface area contributed by atoms with Crippen LogP contribution in [0.3, 0.4) is 0 Å². The quantitative estimate of drug-likeness (QED) is 0.895. The molecule has 2 aromatic rings. The molecule has 0 unspecified atom stereocenters. The molecule has 2 N–H and O–H groups in total. The van der Waals surface area contributed by atoms with Crippen LogP contribution in [-0.4, -0.2) is 13.1 Å². The summed E-state index contributed by atoms with van der Waals surface area (Å²) in [6.45, 7) is 2.53. The Bertz CT molecular complexity index is 579. The van der Waals surface area contributed by atoms with Crippen LogP contribution >= 0.6 is 0 Å². The van der Waals surface area contributed by atoms with E-state index >= 15 is 0 Å². The molecule has 4 nitrogen and oxygen atoms in total. The molecule has 0 radical (unpaired) electrons. The average Bonchev–Trinajstić information content (AvgIpc) is 2.46. The first kappa shape index (κ1) is 13.9. The van der Waals surface area contributed by atoms with E-state index in [1.165, 1.54) is 5.56 Å². The lowest BCUT2D eigenvalue weighted by atomic mass is 10.1. The molecule has 2 aromatic carbocycles. The second-order valence-electron chi connectivity index (χ2n) is 4.53. The van der Waals surface area contributed by atoms with Gasteiger partial charge in [-0.2, -0.15) is 0 Å². The Hall–Kier alpha value is -2.49. The number of methoxy groups -OCH3 is 1. The maximum atomic E-state index is 11.8. The van der Waals surface area contributed by atoms with Crippen molar-refractivity contribution in [1.82, 2.24) is 5.32 Å². The number of aryl methyl sites for hydroxylation is 1. The largest absolute Gasteiger partial charge is 0.497 e. The highest BCUT2D eigenvalue weighted by Gasteiger charge is 2.02. The number of rotatable bonds is 4. The third kappa shape index (κ3) is 4.02. The fourth-order valence-electron chi connectivity index (χ4n) is 1.85. The Morgan fingerprint density at radius 3 is 2.55 bits per heavy atom. The van der Waals surface area contributed by atoms with E-state index in [2.05, 4.69) is 10.6 Å². The van der Waals surface area contributed by atoms with Crippen molar-refractivity contribution in [3.05, 3.63) is 59.7 Å². The third-order valence-electron chi connectivity index (χ3n) is 2.88. The monoisotopic (exact) mass is 270 g/mol. The van der Waals surface area contributed by atoms with E-state index in [0.717, 1.165) is 17.0 Å². The average molecular weight is 270 g/mol. The first-order valence-electron chi connectivity index (χ1n) is 6.42. The van der Waals surface area contributed by atoms with Gasteiger partial charge in [-0.25, -0.2) is 4.79 Å². The van der Waals surface area contributed by atoms with Gasteiger partial charge in [-0.3, -0.25) is 0 Å². The molecule has 2 rings (SSSR count). The summed E-state index contributed by atoms with van der Waals surface area (Å²) in [5.74, 6) is 0.760. The first-order valence-corrected chi connectivity index (χ1v) is 6.42. The number of hydrogen-bond acceptors (Lipinski definition) is 2. The zero-order valence-corrected chi connectivity index (χ0v) is 11.6. The molecule has 0 aliphatic heterocycles. The summed E-state index contributed by atoms with van der Waals surface area (Å²) in [6, 6.07) is 15.0. The van der Waals surface area contributed by atoms with Crippen molar-refractivity contribution in [2.75, 3.05) is 12.4 Å². The van der Waals surface area contributed by atoms with Gasteiger partial charge in [-0.05, 0) is 36.8 Å². The van der Waals surface area contributed by atoms with E-state index in [4.69, 9.17) is 4.74 Å². The van der Waals surface area contributed by atoms with Crippen molar-refractivity contribution in [2.24, 2.45) is 0 Å². The van der Waals surface area contributed by atoms with Gasteiger partial charge in [0, 0.05) is 12.2 Å². The van der Waals surface area contributed by atoms with Gasteiger partial charge in [0.1, 0.15) is 5.75 Å². The highest BCUT2D eigenvalue weighted by atomic mass is 16.5. The van der Waals surface area contributed by atoms with Crippen molar-refractivity contribution in [3.63, 3.8) is 0 Å². The number of nitrogens with one attached hydrogen (secondary N) is 2. The van der Waals surface area contributed by atoms with Crippen LogP contribution in [-0.2, 0) is 6.54 Å². The number of carbonyl (C=O) groups is 1. The van der Waals surface area contributed by atoms with Crippen molar-refractivity contribution in [3.8, 4) is 5.75 Å². The van der Waals surface area contributed by atoms with E-state index < -0.39 is 0 Å². The molecule has 4 heteroatoms. The van der Waals surface area contributed by atoms with Crippen molar-refractivity contribution < 1.29 is 9.53 Å². The van der Waals surface area contributed by atoms with Gasteiger partial charge in [0.2, 0.25) is 0 Å². The SMILES string of the molecule is COc1ccc(NC(=O)NCc2cccc(C)c2)cc1. The molecular formula is C16H18N2O2. The van der Waals surface area contributed by atoms with E-state index in [0.29, 0.717) is 6.54 Å². The molecule has 0 aromatic heterocycles. The maximum absolute atomic E-state index is 11.8. The number of urea groups is 1. The topological polar surface area (TPSA) is 50.4 Å². The molecule has 0 aliphatic rings. The molecule has 0 atom stereocenters.